The molecule has 2 aromatic rings. The van der Waals surface area contributed by atoms with Crippen LogP contribution in [0.3, 0.4) is 0 Å². The van der Waals surface area contributed by atoms with Gasteiger partial charge in [-0.1, -0.05) is 76.1 Å². The Morgan fingerprint density at radius 3 is 2.16 bits per heavy atom. The molecule has 0 radical (unpaired) electrons. The van der Waals surface area contributed by atoms with E-state index in [4.69, 9.17) is 9.47 Å². The molecule has 3 amide bonds. The van der Waals surface area contributed by atoms with Gasteiger partial charge in [-0.3, -0.25) is 9.69 Å². The Balaban J connectivity index is 1.82. The summed E-state index contributed by atoms with van der Waals surface area (Å²) in [5.74, 6) is 0.458. The van der Waals surface area contributed by atoms with Crippen molar-refractivity contribution in [2.45, 2.75) is 78.6 Å². The molecule has 1 fully saturated rings. The molecule has 0 bridgehead atoms. The van der Waals surface area contributed by atoms with Crippen molar-refractivity contribution in [3.8, 4) is 5.75 Å². The number of amides is 3. The smallest absolute Gasteiger partial charge is 0.327 e. The van der Waals surface area contributed by atoms with Crippen LogP contribution in [0.25, 0.3) is 0 Å². The average Bonchev–Trinajstić information content (AvgIpc) is 2.92. The second-order valence-corrected chi connectivity index (χ2v) is 10.3. The van der Waals surface area contributed by atoms with Crippen LogP contribution in [0.4, 0.5) is 4.79 Å². The van der Waals surface area contributed by atoms with Crippen molar-refractivity contribution in [3.05, 3.63) is 65.2 Å². The lowest BCUT2D eigenvalue weighted by molar-refractivity contribution is -0.191. The predicted octanol–water partition coefficient (Wildman–Crippen LogP) is 6.24. The molecule has 1 aliphatic heterocycles. The molecule has 0 aliphatic carbocycles. The summed E-state index contributed by atoms with van der Waals surface area (Å²) in [6.45, 7) is 11.7. The monoisotopic (exact) mass is 523 g/mol. The fourth-order valence-electron chi connectivity index (χ4n) is 5.28. The SMILES string of the molecule is CCCC(NC(=O)N1C(=O)C(CC)(CC)[C@@H]1Oc1ccc([C@H](COC)N(C)CC)cc1)c1ccc(C)cc1. The standard InChI is InChI=1S/C31H45N3O4/c1-8-12-26(23-15-13-22(5)14-16-23)32-30(36)34-28(35)31(9-2,10-3)29(34)38-25-19-17-24(18-20-25)27(21-37-7)33(6)11-4/h13-20,26-27,29H,8-12,21H2,1-7H3,(H,32,36)/t26?,27-,29-/m0/s1. The zero-order valence-corrected chi connectivity index (χ0v) is 24.1. The molecule has 0 aromatic heterocycles. The first-order chi connectivity index (χ1) is 18.3. The van der Waals surface area contributed by atoms with Crippen LogP contribution < -0.4 is 10.1 Å². The van der Waals surface area contributed by atoms with Gasteiger partial charge in [0.25, 0.3) is 0 Å². The topological polar surface area (TPSA) is 71.1 Å². The zero-order valence-electron chi connectivity index (χ0n) is 24.1. The minimum atomic E-state index is -0.721. The van der Waals surface area contributed by atoms with Gasteiger partial charge in [-0.25, -0.2) is 9.69 Å². The van der Waals surface area contributed by atoms with E-state index in [0.29, 0.717) is 25.2 Å². The molecule has 38 heavy (non-hydrogen) atoms. The number of likely N-dealkylation sites (N-methyl/N-ethyl adjacent to an activating group) is 1. The summed E-state index contributed by atoms with van der Waals surface area (Å²) < 4.78 is 11.8. The van der Waals surface area contributed by atoms with E-state index in [2.05, 4.69) is 31.1 Å². The number of urea groups is 1. The molecular formula is C31H45N3O4. The van der Waals surface area contributed by atoms with Gasteiger partial charge in [0.05, 0.1) is 18.7 Å². The van der Waals surface area contributed by atoms with Crippen molar-refractivity contribution in [1.29, 1.82) is 0 Å². The predicted molar refractivity (Wildman–Crippen MR) is 151 cm³/mol. The number of likely N-dealkylation sites (tertiary alicyclic amines) is 1. The third-order valence-electron chi connectivity index (χ3n) is 8.06. The lowest BCUT2D eigenvalue weighted by atomic mass is 9.72. The molecule has 1 unspecified atom stereocenters. The molecule has 208 valence electrons. The number of nitrogens with zero attached hydrogens (tertiary/aromatic N) is 2. The van der Waals surface area contributed by atoms with Gasteiger partial charge in [0, 0.05) is 7.11 Å². The number of hydrogen-bond donors (Lipinski definition) is 1. The van der Waals surface area contributed by atoms with Crippen molar-refractivity contribution < 1.29 is 19.1 Å². The third kappa shape index (κ3) is 6.05. The fraction of sp³-hybridized carbons (Fsp3) is 0.548. The van der Waals surface area contributed by atoms with E-state index in [9.17, 15) is 9.59 Å². The van der Waals surface area contributed by atoms with E-state index in [1.54, 1.807) is 7.11 Å². The molecule has 0 saturated carbocycles. The Kier molecular flexibility index (Phi) is 10.3. The first kappa shape index (κ1) is 29.7. The van der Waals surface area contributed by atoms with E-state index in [0.717, 1.165) is 30.5 Å². The normalized spacial score (nSPS) is 18.2. The van der Waals surface area contributed by atoms with Gasteiger partial charge >= 0.3 is 6.03 Å². The van der Waals surface area contributed by atoms with Gasteiger partial charge in [-0.15, -0.1) is 0 Å². The molecule has 3 atom stereocenters. The quantitative estimate of drug-likeness (QED) is 0.315. The highest BCUT2D eigenvalue weighted by molar-refractivity contribution is 6.03. The molecule has 1 heterocycles. The third-order valence-corrected chi connectivity index (χ3v) is 8.06. The molecule has 7 heteroatoms. The van der Waals surface area contributed by atoms with Gasteiger partial charge in [0.2, 0.25) is 5.91 Å². The van der Waals surface area contributed by atoms with Crippen molar-refractivity contribution in [3.63, 3.8) is 0 Å². The second kappa shape index (κ2) is 13.3. The highest BCUT2D eigenvalue weighted by Crippen LogP contribution is 2.46. The van der Waals surface area contributed by atoms with E-state index < -0.39 is 17.7 Å². The maximum Gasteiger partial charge on any atom is 0.327 e. The summed E-state index contributed by atoms with van der Waals surface area (Å²) in [7, 11) is 3.78. The largest absolute Gasteiger partial charge is 0.469 e. The van der Waals surface area contributed by atoms with Crippen molar-refractivity contribution in [1.82, 2.24) is 15.1 Å². The van der Waals surface area contributed by atoms with Gasteiger partial charge < -0.3 is 14.8 Å². The Bertz CT molecular complexity index is 1050. The van der Waals surface area contributed by atoms with E-state index in [1.807, 2.05) is 69.3 Å². The van der Waals surface area contributed by atoms with Crippen LogP contribution in [0.15, 0.2) is 48.5 Å². The molecule has 0 spiro atoms. The number of benzene rings is 2. The highest BCUT2D eigenvalue weighted by atomic mass is 16.5. The maximum absolute atomic E-state index is 13.5. The van der Waals surface area contributed by atoms with E-state index in [-0.39, 0.29) is 18.0 Å². The Morgan fingerprint density at radius 2 is 1.63 bits per heavy atom. The molecular weight excluding hydrogens is 478 g/mol. The minimum absolute atomic E-state index is 0.134. The summed E-state index contributed by atoms with van der Waals surface area (Å²) in [6.07, 6.45) is 2.23. The van der Waals surface area contributed by atoms with E-state index in [1.165, 1.54) is 10.5 Å². The van der Waals surface area contributed by atoms with Crippen LogP contribution >= 0.6 is 0 Å². The number of nitrogens with one attached hydrogen (secondary N) is 1. The number of rotatable bonds is 13. The number of methoxy groups -OCH3 is 1. The molecule has 3 rings (SSSR count). The van der Waals surface area contributed by atoms with Crippen LogP contribution in [0, 0.1) is 12.3 Å². The average molecular weight is 524 g/mol. The van der Waals surface area contributed by atoms with Crippen molar-refractivity contribution in [2.24, 2.45) is 5.41 Å². The fourth-order valence-corrected chi connectivity index (χ4v) is 5.28. The van der Waals surface area contributed by atoms with Gasteiger partial charge in [0.15, 0.2) is 6.23 Å². The summed E-state index contributed by atoms with van der Waals surface area (Å²) in [6, 6.07) is 15.6. The molecule has 7 nitrogen and oxygen atoms in total. The van der Waals surface area contributed by atoms with Crippen molar-refractivity contribution >= 4 is 11.9 Å². The number of aryl methyl sites for hydroxylation is 1. The van der Waals surface area contributed by atoms with Crippen LogP contribution in [0.1, 0.15) is 82.2 Å². The minimum Gasteiger partial charge on any atom is -0.469 e. The first-order valence-corrected chi connectivity index (χ1v) is 13.9. The summed E-state index contributed by atoms with van der Waals surface area (Å²) in [4.78, 5) is 30.4. The number of hydrogen-bond acceptors (Lipinski definition) is 5. The zero-order chi connectivity index (χ0) is 27.9. The Hall–Kier alpha value is -2.90. The first-order valence-electron chi connectivity index (χ1n) is 13.9. The Morgan fingerprint density at radius 1 is 1.03 bits per heavy atom. The molecule has 1 saturated heterocycles. The number of carbonyl (C=O) groups is 2. The molecule has 1 N–H and O–H groups in total. The van der Waals surface area contributed by atoms with Crippen LogP contribution in [-0.2, 0) is 9.53 Å². The second-order valence-electron chi connectivity index (χ2n) is 10.3. The molecule has 2 aromatic carbocycles. The van der Waals surface area contributed by atoms with Gasteiger partial charge in [0.1, 0.15) is 11.2 Å². The number of β-lactam (4-membered cyclic amide) rings is 1. The summed E-state index contributed by atoms with van der Waals surface area (Å²) in [5.41, 5.74) is 2.60. The van der Waals surface area contributed by atoms with Gasteiger partial charge in [-0.05, 0) is 63.0 Å². The summed E-state index contributed by atoms with van der Waals surface area (Å²) >= 11 is 0. The molecule has 1 aliphatic rings. The lowest BCUT2D eigenvalue weighted by Gasteiger charge is -2.53. The lowest BCUT2D eigenvalue weighted by Crippen LogP contribution is -2.73. The summed E-state index contributed by atoms with van der Waals surface area (Å²) in [5, 5.41) is 3.11. The number of ether oxygens (including phenoxy) is 2. The Labute approximate surface area is 228 Å². The maximum atomic E-state index is 13.5. The van der Waals surface area contributed by atoms with Crippen LogP contribution in [0.2, 0.25) is 0 Å². The number of imide groups is 1. The van der Waals surface area contributed by atoms with Crippen LogP contribution in [-0.4, -0.2) is 55.3 Å². The number of carbonyl (C=O) groups excluding carboxylic acids is 2. The van der Waals surface area contributed by atoms with Gasteiger partial charge in [-0.2, -0.15) is 0 Å². The highest BCUT2D eigenvalue weighted by Gasteiger charge is 2.63. The van der Waals surface area contributed by atoms with Crippen molar-refractivity contribution in [2.75, 3.05) is 27.3 Å². The van der Waals surface area contributed by atoms with Crippen LogP contribution in [0.5, 0.6) is 5.75 Å². The van der Waals surface area contributed by atoms with E-state index >= 15 is 0 Å².